The van der Waals surface area contributed by atoms with Crippen molar-refractivity contribution < 1.29 is 38.0 Å². The first-order valence-corrected chi connectivity index (χ1v) is 19.3. The van der Waals surface area contributed by atoms with Crippen LogP contribution in [-0.2, 0) is 51.7 Å². The topological polar surface area (TPSA) is 127 Å². The Morgan fingerprint density at radius 2 is 1.59 bits per heavy atom. The fourth-order valence-corrected chi connectivity index (χ4v) is 6.89. The number of nitrogens with zero attached hydrogens (tertiary/aromatic N) is 5. The SMILES string of the molecule is C#CCOCCOCCOCCOCCOCCCCn1c(CN2C(=O)C3(CCN(C(=O)OC(C)(C)CC)CC3)c3ccncc32)nc2cc(Cl)ccc21. The lowest BCUT2D eigenvalue weighted by atomic mass is 9.74. The van der Waals surface area contributed by atoms with E-state index in [4.69, 9.17) is 51.4 Å². The molecule has 0 saturated carbocycles. The second-order valence-corrected chi connectivity index (χ2v) is 14.5. The quantitative estimate of drug-likeness (QED) is 0.0917. The largest absolute Gasteiger partial charge is 0.443 e. The summed E-state index contributed by atoms with van der Waals surface area (Å²) in [5, 5.41) is 0.603. The second kappa shape index (κ2) is 20.2. The molecule has 2 amide bonds. The Labute approximate surface area is 323 Å². The molecule has 2 aliphatic rings. The third-order valence-electron chi connectivity index (χ3n) is 10.0. The number of aryl methyl sites for hydroxylation is 1. The Morgan fingerprint density at radius 1 is 0.944 bits per heavy atom. The number of unbranched alkanes of at least 4 members (excludes halogenated alkanes) is 1. The summed E-state index contributed by atoms with van der Waals surface area (Å²) in [5.41, 5.74) is 2.20. The molecule has 294 valence electrons. The molecule has 0 N–H and O–H groups in total. The molecule has 1 fully saturated rings. The van der Waals surface area contributed by atoms with Crippen molar-refractivity contribution in [3.05, 3.63) is 53.1 Å². The number of hydrogen-bond acceptors (Lipinski definition) is 10. The van der Waals surface area contributed by atoms with E-state index in [-0.39, 0.29) is 18.5 Å². The van der Waals surface area contributed by atoms with Gasteiger partial charge in [0.15, 0.2) is 0 Å². The minimum Gasteiger partial charge on any atom is -0.443 e. The van der Waals surface area contributed by atoms with Crippen LogP contribution in [0.25, 0.3) is 11.0 Å². The van der Waals surface area contributed by atoms with Gasteiger partial charge in [-0.2, -0.15) is 0 Å². The van der Waals surface area contributed by atoms with Gasteiger partial charge in [0.1, 0.15) is 18.0 Å². The van der Waals surface area contributed by atoms with Crippen molar-refractivity contribution in [3.8, 4) is 12.3 Å². The average Bonchev–Trinajstić information content (AvgIpc) is 3.61. The van der Waals surface area contributed by atoms with E-state index in [0.29, 0.717) is 110 Å². The van der Waals surface area contributed by atoms with Crippen LogP contribution >= 0.6 is 11.6 Å². The second-order valence-electron chi connectivity index (χ2n) is 14.1. The number of anilines is 1. The van der Waals surface area contributed by atoms with E-state index in [1.807, 2.05) is 49.9 Å². The number of likely N-dealkylation sites (tertiary alicyclic amines) is 1. The van der Waals surface area contributed by atoms with Gasteiger partial charge in [-0.15, -0.1) is 6.42 Å². The highest BCUT2D eigenvalue weighted by Crippen LogP contribution is 2.48. The summed E-state index contributed by atoms with van der Waals surface area (Å²) >= 11 is 6.37. The third-order valence-corrected chi connectivity index (χ3v) is 10.3. The normalized spacial score (nSPS) is 15.3. The number of aromatic nitrogens is 3. The molecule has 13 nitrogen and oxygen atoms in total. The maximum Gasteiger partial charge on any atom is 0.410 e. The van der Waals surface area contributed by atoms with Gasteiger partial charge in [0, 0.05) is 37.5 Å². The average molecular weight is 768 g/mol. The Morgan fingerprint density at radius 3 is 2.24 bits per heavy atom. The molecule has 2 aromatic heterocycles. The van der Waals surface area contributed by atoms with Crippen LogP contribution in [0.3, 0.4) is 0 Å². The lowest BCUT2D eigenvalue weighted by Gasteiger charge is -2.39. The van der Waals surface area contributed by atoms with Gasteiger partial charge in [0.2, 0.25) is 5.91 Å². The zero-order valence-corrected chi connectivity index (χ0v) is 32.6. The Kier molecular flexibility index (Phi) is 15.5. The maximum atomic E-state index is 14.5. The summed E-state index contributed by atoms with van der Waals surface area (Å²) in [6.07, 6.45) is 11.7. The number of hydrogen-bond donors (Lipinski definition) is 0. The Hall–Kier alpha value is -3.77. The van der Waals surface area contributed by atoms with Crippen molar-refractivity contribution in [1.82, 2.24) is 19.4 Å². The summed E-state index contributed by atoms with van der Waals surface area (Å²) in [4.78, 5) is 40.3. The number of halogens is 1. The molecule has 0 aliphatic carbocycles. The highest BCUT2D eigenvalue weighted by Gasteiger charge is 2.53. The molecule has 3 aromatic rings. The van der Waals surface area contributed by atoms with Crippen molar-refractivity contribution in [1.29, 1.82) is 0 Å². The molecule has 0 unspecified atom stereocenters. The van der Waals surface area contributed by atoms with Gasteiger partial charge in [0.25, 0.3) is 0 Å². The van der Waals surface area contributed by atoms with Crippen LogP contribution in [0.15, 0.2) is 36.7 Å². The number of fused-ring (bicyclic) bond motifs is 3. The van der Waals surface area contributed by atoms with Crippen molar-refractivity contribution in [3.63, 3.8) is 0 Å². The molecule has 14 heteroatoms. The van der Waals surface area contributed by atoms with Gasteiger partial charge in [-0.25, -0.2) is 9.78 Å². The minimum absolute atomic E-state index is 0.0126. The van der Waals surface area contributed by atoms with Crippen LogP contribution in [0.5, 0.6) is 0 Å². The van der Waals surface area contributed by atoms with E-state index in [1.54, 1.807) is 17.3 Å². The number of pyridine rings is 1. The van der Waals surface area contributed by atoms with Crippen molar-refractivity contribution in [2.24, 2.45) is 0 Å². The van der Waals surface area contributed by atoms with Crippen molar-refractivity contribution in [2.75, 3.05) is 84.1 Å². The summed E-state index contributed by atoms with van der Waals surface area (Å²) in [6, 6.07) is 7.65. The molecule has 1 spiro atoms. The van der Waals surface area contributed by atoms with Crippen molar-refractivity contribution in [2.45, 2.75) is 77.0 Å². The highest BCUT2D eigenvalue weighted by molar-refractivity contribution is 6.31. The zero-order valence-electron chi connectivity index (χ0n) is 31.9. The molecular weight excluding hydrogens is 714 g/mol. The number of imidazole rings is 1. The Bertz CT molecular complexity index is 1720. The highest BCUT2D eigenvalue weighted by atomic mass is 35.5. The molecule has 0 bridgehead atoms. The number of terminal acetylenes is 1. The van der Waals surface area contributed by atoms with Crippen LogP contribution in [0.1, 0.15) is 64.3 Å². The van der Waals surface area contributed by atoms with E-state index in [0.717, 1.165) is 41.0 Å². The van der Waals surface area contributed by atoms with Gasteiger partial charge in [-0.1, -0.05) is 24.4 Å². The van der Waals surface area contributed by atoms with E-state index in [9.17, 15) is 9.59 Å². The summed E-state index contributed by atoms with van der Waals surface area (Å²) in [7, 11) is 0. The van der Waals surface area contributed by atoms with Gasteiger partial charge >= 0.3 is 6.09 Å². The standard InChI is InChI=1S/C40H54ClN5O8/c1-5-18-49-20-22-51-24-26-53-27-25-52-23-21-50-19-8-7-15-45-34-10-9-31(41)28-33(34)43-36(45)30-46-35-29-42-14-11-32(35)40(37(46)47)12-16-44(17-13-40)38(48)54-39(3,4)6-2/h1,9-11,14,28-29H,6-8,12-13,15-27,30H2,2-4H3. The van der Waals surface area contributed by atoms with Gasteiger partial charge in [0.05, 0.1) is 87.7 Å². The molecule has 4 heterocycles. The number of carbonyl (C=O) groups is 2. The first-order chi connectivity index (χ1) is 26.2. The third kappa shape index (κ3) is 10.7. The first kappa shape index (κ1) is 41.4. The van der Waals surface area contributed by atoms with Crippen LogP contribution in [0.2, 0.25) is 5.02 Å². The van der Waals surface area contributed by atoms with Crippen molar-refractivity contribution >= 4 is 40.3 Å². The predicted molar refractivity (Wildman–Crippen MR) is 206 cm³/mol. The summed E-state index contributed by atoms with van der Waals surface area (Å²) in [6.45, 7) is 12.5. The molecule has 1 saturated heterocycles. The van der Waals surface area contributed by atoms with Gasteiger partial charge in [-0.05, 0) is 75.8 Å². The number of piperidine rings is 1. The maximum absolute atomic E-state index is 14.5. The molecule has 1 aromatic carbocycles. The minimum atomic E-state index is -0.739. The lowest BCUT2D eigenvalue weighted by Crippen LogP contribution is -2.51. The molecule has 54 heavy (non-hydrogen) atoms. The number of benzene rings is 1. The smallest absolute Gasteiger partial charge is 0.410 e. The molecule has 5 rings (SSSR count). The predicted octanol–water partition coefficient (Wildman–Crippen LogP) is 5.79. The number of rotatable bonds is 22. The van der Waals surface area contributed by atoms with Gasteiger partial charge < -0.3 is 42.8 Å². The Balaban J connectivity index is 1.10. The lowest BCUT2D eigenvalue weighted by molar-refractivity contribution is -0.125. The number of amides is 2. The molecule has 2 aliphatic heterocycles. The van der Waals surface area contributed by atoms with Crippen LogP contribution < -0.4 is 4.90 Å². The van der Waals surface area contributed by atoms with Crippen LogP contribution in [-0.4, -0.2) is 116 Å². The van der Waals surface area contributed by atoms with E-state index in [1.165, 1.54) is 0 Å². The van der Waals surface area contributed by atoms with E-state index in [2.05, 4.69) is 15.5 Å². The zero-order chi connectivity index (χ0) is 38.4. The van der Waals surface area contributed by atoms with E-state index < -0.39 is 11.0 Å². The molecular formula is C40H54ClN5O8. The number of carbonyl (C=O) groups excluding carboxylic acids is 2. The summed E-state index contributed by atoms with van der Waals surface area (Å²) < 4.78 is 35.4. The number of ether oxygens (including phenoxy) is 6. The van der Waals surface area contributed by atoms with Crippen LogP contribution in [0.4, 0.5) is 10.5 Å². The summed E-state index contributed by atoms with van der Waals surface area (Å²) in [5.74, 6) is 3.19. The molecule has 0 atom stereocenters. The monoisotopic (exact) mass is 767 g/mol. The van der Waals surface area contributed by atoms with Crippen LogP contribution in [0, 0.1) is 12.3 Å². The fourth-order valence-electron chi connectivity index (χ4n) is 6.72. The first-order valence-electron chi connectivity index (χ1n) is 18.9. The molecule has 0 radical (unpaired) electrons. The van der Waals surface area contributed by atoms with Gasteiger partial charge in [-0.3, -0.25) is 9.78 Å². The fraction of sp³-hybridized carbons (Fsp3) is 0.600. The van der Waals surface area contributed by atoms with E-state index >= 15 is 0 Å².